The zero-order chi connectivity index (χ0) is 33.8. The molecule has 3 amide bonds. The highest BCUT2D eigenvalue weighted by Crippen LogP contribution is 2.55. The number of rotatable bonds is 16. The van der Waals surface area contributed by atoms with Crippen molar-refractivity contribution in [1.82, 2.24) is 10.6 Å². The lowest BCUT2D eigenvalue weighted by Gasteiger charge is -2.35. The highest BCUT2D eigenvalue weighted by Gasteiger charge is 2.78. The zero-order valence-corrected chi connectivity index (χ0v) is 28.0. The van der Waals surface area contributed by atoms with Crippen LogP contribution in [-0.2, 0) is 33.8 Å². The molecule has 245 valence electrons. The van der Waals surface area contributed by atoms with Crippen LogP contribution >= 0.6 is 0 Å². The molecule has 0 bridgehead atoms. The molecule has 0 spiro atoms. The minimum Gasteiger partial charge on any atom is -0.367 e. The molecule has 1 saturated heterocycles. The maximum atomic E-state index is 14.3. The Morgan fingerprint density at radius 3 is 2.11 bits per heavy atom. The van der Waals surface area contributed by atoms with Crippen molar-refractivity contribution < 1.29 is 32.3 Å². The molecule has 1 radical (unpaired) electrons. The maximum Gasteiger partial charge on any atom is 0.254 e. The van der Waals surface area contributed by atoms with E-state index in [2.05, 4.69) is 10.6 Å². The van der Waals surface area contributed by atoms with Crippen molar-refractivity contribution >= 4 is 33.3 Å². The topological polar surface area (TPSA) is 165 Å². The molecule has 0 unspecified atom stereocenters. The van der Waals surface area contributed by atoms with Gasteiger partial charge < -0.3 is 21.1 Å². The van der Waals surface area contributed by atoms with Gasteiger partial charge in [-0.3, -0.25) is 19.2 Å². The van der Waals surface area contributed by atoms with Crippen LogP contribution in [0.2, 0.25) is 0 Å². The lowest BCUT2D eigenvalue weighted by molar-refractivity contribution is -0.131. The Hall–Kier alpha value is -3.57. The fraction of sp³-hybridized carbons (Fsp3) is 0.500. The van der Waals surface area contributed by atoms with Gasteiger partial charge in [-0.05, 0) is 49.8 Å². The van der Waals surface area contributed by atoms with Crippen LogP contribution in [0, 0.1) is 11.8 Å². The molecule has 2 aromatic carbocycles. The van der Waals surface area contributed by atoms with Crippen molar-refractivity contribution in [3.05, 3.63) is 66.1 Å². The molecule has 1 heterocycles. The number of Topliss-reactive ketones (excluding diaryl/α,β-unsaturated/α-hetero) is 1. The highest BCUT2D eigenvalue weighted by molar-refractivity contribution is 7.92. The summed E-state index contributed by atoms with van der Waals surface area (Å²) in [4.78, 5) is 54.3. The summed E-state index contributed by atoms with van der Waals surface area (Å²) in [7, 11) is -3.93. The molecular weight excluding hydrogens is 594 g/mol. The molecule has 0 aromatic heterocycles. The molecular formula is C34H46N3O7S. The summed E-state index contributed by atoms with van der Waals surface area (Å²) in [5.41, 5.74) is 3.80. The fourth-order valence-corrected chi connectivity index (χ4v) is 5.97. The minimum absolute atomic E-state index is 0.0251. The Bertz CT molecular complexity index is 1520. The van der Waals surface area contributed by atoms with E-state index in [4.69, 9.17) is 10.5 Å². The van der Waals surface area contributed by atoms with E-state index in [0.29, 0.717) is 17.5 Å². The summed E-state index contributed by atoms with van der Waals surface area (Å²) in [6.07, 6.45) is 3.31. The van der Waals surface area contributed by atoms with Crippen LogP contribution in [0.3, 0.4) is 0 Å². The van der Waals surface area contributed by atoms with Crippen molar-refractivity contribution in [3.8, 4) is 11.1 Å². The lowest BCUT2D eigenvalue weighted by atomic mass is 9.77. The Morgan fingerprint density at radius 1 is 0.978 bits per heavy atom. The van der Waals surface area contributed by atoms with Gasteiger partial charge in [-0.25, -0.2) is 8.42 Å². The Balaban J connectivity index is 2.23. The third kappa shape index (κ3) is 7.47. The zero-order valence-electron chi connectivity index (χ0n) is 27.2. The number of primary amides is 1. The number of nitrogens with one attached hydrogen (secondary N) is 2. The fourth-order valence-electron chi connectivity index (χ4n) is 5.37. The van der Waals surface area contributed by atoms with E-state index in [-0.39, 0.29) is 30.5 Å². The second kappa shape index (κ2) is 13.8. The number of sulfone groups is 1. The first-order valence-corrected chi connectivity index (χ1v) is 17.2. The summed E-state index contributed by atoms with van der Waals surface area (Å²) >= 11 is 0. The van der Waals surface area contributed by atoms with Gasteiger partial charge in [0.15, 0.2) is 21.2 Å². The van der Waals surface area contributed by atoms with Crippen LogP contribution in [0.5, 0.6) is 0 Å². The summed E-state index contributed by atoms with van der Waals surface area (Å²) in [6, 6.07) is 14.8. The van der Waals surface area contributed by atoms with E-state index in [0.717, 1.165) is 24.7 Å². The predicted molar refractivity (Wildman–Crippen MR) is 173 cm³/mol. The SMILES string of the molecule is CCCCCC(=O)[C](c1ccccc1-c1ccccc1)[C@]1(NC(=O)[C@@H](NC(=O)CC(C)C)C(C)(C)S(C)(=O)=O)O[C@]1(C)C(N)=O. The van der Waals surface area contributed by atoms with Crippen molar-refractivity contribution in [2.75, 3.05) is 6.26 Å². The van der Waals surface area contributed by atoms with E-state index < -0.39 is 49.7 Å². The predicted octanol–water partition coefficient (Wildman–Crippen LogP) is 3.87. The van der Waals surface area contributed by atoms with Crippen molar-refractivity contribution in [2.24, 2.45) is 11.7 Å². The smallest absolute Gasteiger partial charge is 0.254 e. The number of ether oxygens (including phenoxy) is 1. The first-order valence-electron chi connectivity index (χ1n) is 15.3. The van der Waals surface area contributed by atoms with Gasteiger partial charge in [-0.1, -0.05) is 88.2 Å². The van der Waals surface area contributed by atoms with Gasteiger partial charge in [-0.2, -0.15) is 0 Å². The van der Waals surface area contributed by atoms with Gasteiger partial charge in [0.25, 0.3) is 5.91 Å². The number of hydrogen-bond donors (Lipinski definition) is 3. The monoisotopic (exact) mass is 640 g/mol. The molecule has 1 fully saturated rings. The average Bonchev–Trinajstić information content (AvgIpc) is 3.56. The number of nitrogens with two attached hydrogens (primary N) is 1. The van der Waals surface area contributed by atoms with E-state index in [9.17, 15) is 27.6 Å². The van der Waals surface area contributed by atoms with Crippen LogP contribution in [0.25, 0.3) is 11.1 Å². The molecule has 0 aliphatic carbocycles. The molecule has 1 aliphatic heterocycles. The molecule has 4 N–H and O–H groups in total. The third-order valence-electron chi connectivity index (χ3n) is 8.49. The first-order chi connectivity index (χ1) is 20.9. The quantitative estimate of drug-likeness (QED) is 0.185. The van der Waals surface area contributed by atoms with Crippen LogP contribution < -0.4 is 16.4 Å². The third-order valence-corrected chi connectivity index (χ3v) is 10.6. The number of carbonyl (C=O) groups is 4. The first kappa shape index (κ1) is 35.9. The van der Waals surface area contributed by atoms with E-state index in [1.54, 1.807) is 12.1 Å². The van der Waals surface area contributed by atoms with Crippen LogP contribution in [0.4, 0.5) is 0 Å². The van der Waals surface area contributed by atoms with Crippen LogP contribution in [-0.4, -0.2) is 60.3 Å². The number of ketones is 1. The van der Waals surface area contributed by atoms with Gasteiger partial charge >= 0.3 is 0 Å². The Labute approximate surface area is 266 Å². The van der Waals surface area contributed by atoms with Crippen molar-refractivity contribution in [1.29, 1.82) is 0 Å². The number of epoxide rings is 1. The average molecular weight is 641 g/mol. The molecule has 10 nitrogen and oxygen atoms in total. The highest BCUT2D eigenvalue weighted by atomic mass is 32.2. The summed E-state index contributed by atoms with van der Waals surface area (Å²) in [5, 5.41) is 5.32. The summed E-state index contributed by atoms with van der Waals surface area (Å²) < 4.78 is 30.1. The number of amides is 3. The molecule has 2 aromatic rings. The van der Waals surface area contributed by atoms with Crippen LogP contribution in [0.15, 0.2) is 54.6 Å². The van der Waals surface area contributed by atoms with Gasteiger partial charge in [0, 0.05) is 19.1 Å². The second-order valence-electron chi connectivity index (χ2n) is 12.8. The standard InChI is InChI=1S/C34H46N3O7S/c1-8-9-11-20-26(38)28(25-19-15-14-18-24(25)23-16-12-10-13-17-23)34(33(6,44-34)31(35)41)37-30(40)29(32(4,5)45(7,42)43)36-27(39)21-22(2)3/h10,12-19,22,29H,8-9,11,20-21H2,1-7H3,(H2,35,41)(H,36,39)(H,37,40)/t29-,33-,34+/m1/s1. The molecule has 3 atom stereocenters. The maximum absolute atomic E-state index is 14.3. The number of benzene rings is 2. The van der Waals surface area contributed by atoms with Crippen molar-refractivity contribution in [2.45, 2.75) is 95.8 Å². The largest absolute Gasteiger partial charge is 0.367 e. The van der Waals surface area contributed by atoms with E-state index in [1.807, 2.05) is 63.2 Å². The molecule has 1 aliphatic rings. The molecule has 3 rings (SSSR count). The number of unbranched alkanes of at least 4 members (excludes halogenated alkanes) is 2. The van der Waals surface area contributed by atoms with Crippen LogP contribution in [0.1, 0.15) is 79.2 Å². The Morgan fingerprint density at radius 2 is 1.58 bits per heavy atom. The summed E-state index contributed by atoms with van der Waals surface area (Å²) in [6.45, 7) is 9.69. The van der Waals surface area contributed by atoms with Gasteiger partial charge in [0.2, 0.25) is 11.8 Å². The van der Waals surface area contributed by atoms with Gasteiger partial charge in [0.1, 0.15) is 17.7 Å². The Kier molecular flexibility index (Phi) is 11.0. The molecule has 11 heteroatoms. The number of hydrogen-bond acceptors (Lipinski definition) is 7. The van der Waals surface area contributed by atoms with E-state index >= 15 is 0 Å². The molecule has 0 saturated carbocycles. The lowest BCUT2D eigenvalue weighted by Crippen LogP contribution is -2.64. The molecule has 45 heavy (non-hydrogen) atoms. The van der Waals surface area contributed by atoms with Crippen molar-refractivity contribution in [3.63, 3.8) is 0 Å². The van der Waals surface area contributed by atoms with Gasteiger partial charge in [-0.15, -0.1) is 0 Å². The normalized spacial score (nSPS) is 20.5. The minimum atomic E-state index is -3.93. The van der Waals surface area contributed by atoms with Gasteiger partial charge in [0.05, 0.1) is 4.75 Å². The number of carbonyl (C=O) groups excluding carboxylic acids is 4. The summed E-state index contributed by atoms with van der Waals surface area (Å²) in [5.74, 6) is -2.80. The second-order valence-corrected chi connectivity index (χ2v) is 15.4. The van der Waals surface area contributed by atoms with E-state index in [1.165, 1.54) is 20.8 Å².